The van der Waals surface area contributed by atoms with E-state index in [0.29, 0.717) is 0 Å². The summed E-state index contributed by atoms with van der Waals surface area (Å²) >= 11 is 5.97. The van der Waals surface area contributed by atoms with E-state index in [1.165, 1.54) is 0 Å². The van der Waals surface area contributed by atoms with Crippen LogP contribution in [0.15, 0.2) is 0 Å². The van der Waals surface area contributed by atoms with Crippen LogP contribution in [0.1, 0.15) is 39.0 Å². The van der Waals surface area contributed by atoms with E-state index in [-0.39, 0.29) is 5.38 Å². The Labute approximate surface area is 83.0 Å². The molecule has 1 unspecified atom stereocenters. The van der Waals surface area contributed by atoms with Crippen molar-refractivity contribution in [2.24, 2.45) is 0 Å². The van der Waals surface area contributed by atoms with Crippen molar-refractivity contribution < 1.29 is 14.6 Å². The summed E-state index contributed by atoms with van der Waals surface area (Å²) in [5, 5.41) is 8.35. The van der Waals surface area contributed by atoms with Gasteiger partial charge in [-0.15, -0.1) is 11.6 Å². The average molecular weight is 207 g/mol. The monoisotopic (exact) mass is 206 g/mol. The largest absolute Gasteiger partial charge is 0.506 e. The standard InChI is InChI=1S/C9H15ClO3/c1-7(10)9(13-8(11)12)5-3-2-4-6-9/h7H,2-6H2,1H3,(H,11,12). The number of carbonyl (C=O) groups is 1. The van der Waals surface area contributed by atoms with Gasteiger partial charge in [-0.25, -0.2) is 4.79 Å². The number of rotatable bonds is 2. The summed E-state index contributed by atoms with van der Waals surface area (Å²) in [7, 11) is 0. The minimum absolute atomic E-state index is 0.246. The van der Waals surface area contributed by atoms with Gasteiger partial charge in [0.15, 0.2) is 0 Å². The van der Waals surface area contributed by atoms with Gasteiger partial charge in [0.25, 0.3) is 0 Å². The maximum absolute atomic E-state index is 10.5. The Hall–Kier alpha value is -0.440. The molecule has 1 atom stereocenters. The molecule has 3 nitrogen and oxygen atoms in total. The fourth-order valence-electron chi connectivity index (χ4n) is 1.91. The topological polar surface area (TPSA) is 46.5 Å². The zero-order chi connectivity index (χ0) is 9.90. The van der Waals surface area contributed by atoms with E-state index in [2.05, 4.69) is 0 Å². The number of hydrogen-bond acceptors (Lipinski definition) is 2. The lowest BCUT2D eigenvalue weighted by Crippen LogP contribution is -2.43. The maximum Gasteiger partial charge on any atom is 0.506 e. The molecule has 1 aliphatic carbocycles. The van der Waals surface area contributed by atoms with Gasteiger partial charge in [0, 0.05) is 0 Å². The second kappa shape index (κ2) is 4.18. The lowest BCUT2D eigenvalue weighted by Gasteiger charge is -2.37. The van der Waals surface area contributed by atoms with Crippen LogP contribution in [-0.2, 0) is 4.74 Å². The van der Waals surface area contributed by atoms with Gasteiger partial charge in [0.2, 0.25) is 0 Å². The molecule has 1 N–H and O–H groups in total. The molecule has 0 radical (unpaired) electrons. The maximum atomic E-state index is 10.5. The molecule has 0 aromatic rings. The van der Waals surface area contributed by atoms with Gasteiger partial charge in [-0.2, -0.15) is 0 Å². The summed E-state index contributed by atoms with van der Waals surface area (Å²) in [4.78, 5) is 10.5. The van der Waals surface area contributed by atoms with Crippen molar-refractivity contribution in [1.82, 2.24) is 0 Å². The first-order chi connectivity index (χ1) is 6.07. The quantitative estimate of drug-likeness (QED) is 0.558. The Bertz CT molecular complexity index is 185. The Morgan fingerprint density at radius 1 is 1.46 bits per heavy atom. The van der Waals surface area contributed by atoms with Crippen LogP contribution in [-0.4, -0.2) is 22.2 Å². The Balaban J connectivity index is 2.67. The lowest BCUT2D eigenvalue weighted by atomic mass is 9.82. The van der Waals surface area contributed by atoms with Crippen LogP contribution in [0.3, 0.4) is 0 Å². The first kappa shape index (κ1) is 10.6. The van der Waals surface area contributed by atoms with E-state index in [4.69, 9.17) is 21.4 Å². The summed E-state index contributed by atoms with van der Waals surface area (Å²) in [5.74, 6) is 0. The lowest BCUT2D eigenvalue weighted by molar-refractivity contribution is -0.0413. The van der Waals surface area contributed by atoms with E-state index >= 15 is 0 Å². The summed E-state index contributed by atoms with van der Waals surface area (Å²) in [5.41, 5.74) is -0.633. The van der Waals surface area contributed by atoms with Gasteiger partial charge in [0.05, 0.1) is 5.38 Å². The molecule has 4 heteroatoms. The molecular weight excluding hydrogens is 192 g/mol. The Morgan fingerprint density at radius 2 is 2.00 bits per heavy atom. The molecule has 0 bridgehead atoms. The van der Waals surface area contributed by atoms with Crippen LogP contribution in [0.5, 0.6) is 0 Å². The van der Waals surface area contributed by atoms with E-state index in [0.717, 1.165) is 32.1 Å². The summed E-state index contributed by atoms with van der Waals surface area (Å²) in [6.07, 6.45) is 3.45. The third-order valence-electron chi connectivity index (χ3n) is 2.72. The molecule has 0 amide bonds. The van der Waals surface area contributed by atoms with Crippen molar-refractivity contribution in [1.29, 1.82) is 0 Å². The second-order valence-electron chi connectivity index (χ2n) is 3.61. The highest BCUT2D eigenvalue weighted by Gasteiger charge is 2.40. The normalized spacial score (nSPS) is 23.5. The third-order valence-corrected chi connectivity index (χ3v) is 3.11. The van der Waals surface area contributed by atoms with Gasteiger partial charge in [-0.1, -0.05) is 6.42 Å². The van der Waals surface area contributed by atoms with Gasteiger partial charge in [-0.3, -0.25) is 0 Å². The Morgan fingerprint density at radius 3 is 2.38 bits per heavy atom. The number of alkyl halides is 1. The first-order valence-electron chi connectivity index (χ1n) is 4.63. The minimum Gasteiger partial charge on any atom is -0.450 e. The molecule has 1 fully saturated rings. The number of halogens is 1. The number of carboxylic acid groups (broad SMARTS) is 1. The third kappa shape index (κ3) is 2.50. The predicted octanol–water partition coefficient (Wildman–Crippen LogP) is 3.01. The molecule has 1 aliphatic rings. The van der Waals surface area contributed by atoms with E-state index in [1.54, 1.807) is 6.92 Å². The molecule has 0 heterocycles. The van der Waals surface area contributed by atoms with E-state index < -0.39 is 11.8 Å². The van der Waals surface area contributed by atoms with Crippen molar-refractivity contribution in [3.8, 4) is 0 Å². The molecule has 0 spiro atoms. The van der Waals surface area contributed by atoms with Crippen LogP contribution in [0.25, 0.3) is 0 Å². The van der Waals surface area contributed by atoms with Crippen molar-refractivity contribution in [3.63, 3.8) is 0 Å². The van der Waals surface area contributed by atoms with Crippen molar-refractivity contribution in [2.45, 2.75) is 50.0 Å². The highest BCUT2D eigenvalue weighted by Crippen LogP contribution is 2.36. The molecule has 0 aromatic heterocycles. The van der Waals surface area contributed by atoms with Crippen molar-refractivity contribution >= 4 is 17.8 Å². The van der Waals surface area contributed by atoms with Crippen LogP contribution in [0.2, 0.25) is 0 Å². The number of ether oxygens (including phenoxy) is 1. The Kier molecular flexibility index (Phi) is 3.42. The fourth-order valence-corrected chi connectivity index (χ4v) is 2.17. The SMILES string of the molecule is CC(Cl)C1(OC(=O)O)CCCCC1. The molecule has 76 valence electrons. The molecule has 0 aliphatic heterocycles. The molecule has 0 saturated heterocycles. The van der Waals surface area contributed by atoms with Gasteiger partial charge in [-0.05, 0) is 32.6 Å². The smallest absolute Gasteiger partial charge is 0.450 e. The fraction of sp³-hybridized carbons (Fsp3) is 0.889. The molecule has 1 saturated carbocycles. The summed E-state index contributed by atoms with van der Waals surface area (Å²) in [6.45, 7) is 1.80. The van der Waals surface area contributed by atoms with E-state index in [1.807, 2.05) is 0 Å². The van der Waals surface area contributed by atoms with Crippen molar-refractivity contribution in [2.75, 3.05) is 0 Å². The zero-order valence-corrected chi connectivity index (χ0v) is 8.51. The highest BCUT2D eigenvalue weighted by molar-refractivity contribution is 6.21. The average Bonchev–Trinajstić information content (AvgIpc) is 2.04. The van der Waals surface area contributed by atoms with Crippen LogP contribution < -0.4 is 0 Å². The second-order valence-corrected chi connectivity index (χ2v) is 4.26. The molecule has 1 rings (SSSR count). The van der Waals surface area contributed by atoms with Gasteiger partial charge in [0.1, 0.15) is 5.60 Å². The van der Waals surface area contributed by atoms with Crippen LogP contribution in [0.4, 0.5) is 4.79 Å². The van der Waals surface area contributed by atoms with Crippen LogP contribution >= 0.6 is 11.6 Å². The van der Waals surface area contributed by atoms with E-state index in [9.17, 15) is 4.79 Å². The predicted molar refractivity (Wildman–Crippen MR) is 50.2 cm³/mol. The van der Waals surface area contributed by atoms with Gasteiger partial charge >= 0.3 is 6.16 Å². The molecule has 13 heavy (non-hydrogen) atoms. The summed E-state index contributed by atoms with van der Waals surface area (Å²) in [6, 6.07) is 0. The van der Waals surface area contributed by atoms with Gasteiger partial charge < -0.3 is 9.84 Å². The zero-order valence-electron chi connectivity index (χ0n) is 7.75. The van der Waals surface area contributed by atoms with Crippen molar-refractivity contribution in [3.05, 3.63) is 0 Å². The van der Waals surface area contributed by atoms with Crippen LogP contribution in [0, 0.1) is 0 Å². The highest BCUT2D eigenvalue weighted by atomic mass is 35.5. The number of hydrogen-bond donors (Lipinski definition) is 1. The molecule has 0 aromatic carbocycles. The molecular formula is C9H15ClO3. The first-order valence-corrected chi connectivity index (χ1v) is 5.06. The minimum atomic E-state index is -1.21. The summed E-state index contributed by atoms with van der Waals surface area (Å²) < 4.78 is 4.92.